The van der Waals surface area contributed by atoms with Crippen molar-refractivity contribution in [3.05, 3.63) is 54.1 Å². The van der Waals surface area contributed by atoms with E-state index in [0.29, 0.717) is 0 Å². The number of carboxylic acid groups (broad SMARTS) is 1. The number of nitrogens with one attached hydrogen (secondary N) is 1. The van der Waals surface area contributed by atoms with Crippen LogP contribution in [0.1, 0.15) is 66.0 Å². The quantitative estimate of drug-likeness (QED) is 0.549. The van der Waals surface area contributed by atoms with Crippen LogP contribution >= 0.6 is 0 Å². The van der Waals surface area contributed by atoms with E-state index in [9.17, 15) is 14.7 Å². The van der Waals surface area contributed by atoms with Gasteiger partial charge in [0.1, 0.15) is 0 Å². The average molecular weight is 493 g/mol. The Kier molecular flexibility index (Phi) is 7.21. The molecule has 0 spiro atoms. The highest BCUT2D eigenvalue weighted by molar-refractivity contribution is 5.94. The van der Waals surface area contributed by atoms with Crippen molar-refractivity contribution >= 4 is 29.1 Å². The minimum Gasteiger partial charge on any atom is -0.465 e. The van der Waals surface area contributed by atoms with Crippen LogP contribution in [0.25, 0.3) is 0 Å². The maximum Gasteiger partial charge on any atom is 0.407 e. The molecule has 36 heavy (non-hydrogen) atoms. The highest BCUT2D eigenvalue weighted by Crippen LogP contribution is 2.44. The molecule has 2 amide bonds. The first kappa shape index (κ1) is 25.9. The van der Waals surface area contributed by atoms with Crippen molar-refractivity contribution in [1.82, 2.24) is 4.90 Å². The molecule has 0 aromatic heterocycles. The van der Waals surface area contributed by atoms with Gasteiger partial charge >= 0.3 is 6.09 Å². The lowest BCUT2D eigenvalue weighted by Gasteiger charge is -2.46. The molecule has 0 unspecified atom stereocenters. The Bertz CT molecular complexity index is 1090. The lowest BCUT2D eigenvalue weighted by atomic mass is 9.82. The monoisotopic (exact) mass is 492 g/mol. The van der Waals surface area contributed by atoms with Gasteiger partial charge in [0, 0.05) is 66.2 Å². The third-order valence-electron chi connectivity index (χ3n) is 7.86. The van der Waals surface area contributed by atoms with Crippen LogP contribution in [0, 0.1) is 5.92 Å². The van der Waals surface area contributed by atoms with E-state index in [4.69, 9.17) is 0 Å². The lowest BCUT2D eigenvalue weighted by molar-refractivity contribution is -0.117. The fourth-order valence-electron chi connectivity index (χ4n) is 5.98. The maximum atomic E-state index is 12.6. The van der Waals surface area contributed by atoms with Crippen LogP contribution in [0.2, 0.25) is 0 Å². The first-order chi connectivity index (χ1) is 17.0. The molecule has 0 saturated carbocycles. The van der Waals surface area contributed by atoms with Crippen LogP contribution in [-0.2, 0) is 4.79 Å². The van der Waals surface area contributed by atoms with Gasteiger partial charge in [0.05, 0.1) is 6.04 Å². The van der Waals surface area contributed by atoms with Gasteiger partial charge in [-0.1, -0.05) is 25.1 Å². The summed E-state index contributed by atoms with van der Waals surface area (Å²) in [6.45, 7) is 13.4. The van der Waals surface area contributed by atoms with Crippen LogP contribution in [0.3, 0.4) is 0 Å². The van der Waals surface area contributed by atoms with Crippen molar-refractivity contribution < 1.29 is 14.7 Å². The molecule has 2 aromatic rings. The molecule has 7 heteroatoms. The van der Waals surface area contributed by atoms with Gasteiger partial charge in [-0.05, 0) is 70.9 Å². The summed E-state index contributed by atoms with van der Waals surface area (Å²) < 4.78 is 0. The molecular weight excluding hydrogens is 452 g/mol. The second kappa shape index (κ2) is 10.0. The van der Waals surface area contributed by atoms with E-state index in [1.807, 2.05) is 43.9 Å². The first-order valence-corrected chi connectivity index (χ1v) is 13.0. The minimum absolute atomic E-state index is 0.0120. The number of benzene rings is 2. The molecule has 0 aliphatic carbocycles. The van der Waals surface area contributed by atoms with Crippen molar-refractivity contribution in [2.75, 3.05) is 28.2 Å². The number of amides is 2. The van der Waals surface area contributed by atoms with Crippen LogP contribution in [-0.4, -0.2) is 52.7 Å². The number of fused-ring (bicyclic) bond motifs is 1. The van der Waals surface area contributed by atoms with Gasteiger partial charge in [-0.15, -0.1) is 0 Å². The fourth-order valence-corrected chi connectivity index (χ4v) is 5.98. The third-order valence-corrected chi connectivity index (χ3v) is 7.86. The largest absolute Gasteiger partial charge is 0.465 e. The smallest absolute Gasteiger partial charge is 0.407 e. The van der Waals surface area contributed by atoms with Gasteiger partial charge in [-0.2, -0.15) is 0 Å². The Labute approximate surface area is 215 Å². The topological polar surface area (TPSA) is 76.1 Å². The van der Waals surface area contributed by atoms with Crippen LogP contribution in [0.5, 0.6) is 0 Å². The molecule has 0 bridgehead atoms. The van der Waals surface area contributed by atoms with Gasteiger partial charge in [0.2, 0.25) is 5.91 Å². The summed E-state index contributed by atoms with van der Waals surface area (Å²) in [6, 6.07) is 16.8. The van der Waals surface area contributed by atoms with E-state index < -0.39 is 11.6 Å². The van der Waals surface area contributed by atoms with Gasteiger partial charge < -0.3 is 25.1 Å². The summed E-state index contributed by atoms with van der Waals surface area (Å²) >= 11 is 0. The number of piperidine rings is 1. The van der Waals surface area contributed by atoms with Gasteiger partial charge in [0.25, 0.3) is 0 Å². The van der Waals surface area contributed by atoms with Crippen LogP contribution in [0.15, 0.2) is 48.5 Å². The predicted molar refractivity (Wildman–Crippen MR) is 146 cm³/mol. The van der Waals surface area contributed by atoms with E-state index in [0.717, 1.165) is 48.6 Å². The summed E-state index contributed by atoms with van der Waals surface area (Å²) in [5.74, 6) is 0.261. The molecule has 3 atom stereocenters. The molecule has 1 fully saturated rings. The van der Waals surface area contributed by atoms with Crippen molar-refractivity contribution in [2.24, 2.45) is 5.92 Å². The van der Waals surface area contributed by atoms with E-state index in [1.54, 1.807) is 11.8 Å². The predicted octanol–water partition coefficient (Wildman–Crippen LogP) is 5.98. The zero-order valence-electron chi connectivity index (χ0n) is 22.4. The summed E-state index contributed by atoms with van der Waals surface area (Å²) in [4.78, 5) is 30.5. The summed E-state index contributed by atoms with van der Waals surface area (Å²) in [6.07, 6.45) is 0.732. The Hall–Kier alpha value is -3.22. The van der Waals surface area contributed by atoms with Gasteiger partial charge in [-0.25, -0.2) is 4.79 Å². The van der Waals surface area contributed by atoms with Crippen molar-refractivity contribution in [3.63, 3.8) is 0 Å². The lowest BCUT2D eigenvalue weighted by Crippen LogP contribution is -2.54. The summed E-state index contributed by atoms with van der Waals surface area (Å²) in [5, 5.41) is 13.5. The second-order valence-corrected chi connectivity index (χ2v) is 11.3. The average Bonchev–Trinajstić information content (AvgIpc) is 2.82. The van der Waals surface area contributed by atoms with Crippen LogP contribution in [0.4, 0.5) is 21.9 Å². The van der Waals surface area contributed by atoms with Crippen molar-refractivity contribution in [1.29, 1.82) is 0 Å². The van der Waals surface area contributed by atoms with E-state index in [1.165, 1.54) is 0 Å². The number of nitrogens with zero attached hydrogens (tertiary/aromatic N) is 3. The standard InChI is InChI=1S/C29H40N4O3/c1-19-20(2)32(21(3)34)26-13-12-24(18-25(26)27(19)30-22-10-8-7-9-11-22)31-16-14-23(15-17-31)33(28(35)36)29(4,5)6/h7-13,18-20,23,27,30H,14-17H2,1-6H3,(H,35,36)/t19-,20-,27+/m0/s1. The van der Waals surface area contributed by atoms with E-state index in [-0.39, 0.29) is 30.0 Å². The number of hydrogen-bond donors (Lipinski definition) is 2. The highest BCUT2D eigenvalue weighted by atomic mass is 16.4. The normalized spacial score (nSPS) is 22.7. The Morgan fingerprint density at radius 1 is 1.03 bits per heavy atom. The minimum atomic E-state index is -0.850. The molecule has 194 valence electrons. The molecule has 2 aromatic carbocycles. The third kappa shape index (κ3) is 5.01. The number of anilines is 3. The number of hydrogen-bond acceptors (Lipinski definition) is 4. The Balaban J connectivity index is 1.62. The number of carbonyl (C=O) groups is 2. The molecule has 2 aliphatic rings. The molecule has 7 nitrogen and oxygen atoms in total. The first-order valence-electron chi connectivity index (χ1n) is 13.0. The fraction of sp³-hybridized carbons (Fsp3) is 0.517. The molecule has 1 saturated heterocycles. The molecule has 2 aliphatic heterocycles. The number of carbonyl (C=O) groups excluding carboxylic acids is 1. The molecular formula is C29H40N4O3. The number of rotatable bonds is 4. The van der Waals surface area contributed by atoms with Gasteiger partial charge in [0.15, 0.2) is 0 Å². The van der Waals surface area contributed by atoms with E-state index in [2.05, 4.69) is 54.4 Å². The van der Waals surface area contributed by atoms with Crippen LogP contribution < -0.4 is 15.1 Å². The van der Waals surface area contributed by atoms with Gasteiger partial charge in [-0.3, -0.25) is 4.79 Å². The number of para-hydroxylation sites is 1. The SMILES string of the molecule is CC(=O)N1c2ccc(N3CCC(N(C(=O)O)C(C)(C)C)CC3)cc2[C@H](Nc2ccccc2)[C@@H](C)[C@@H]1C. The Morgan fingerprint density at radius 2 is 1.67 bits per heavy atom. The molecule has 0 radical (unpaired) electrons. The molecule has 2 heterocycles. The maximum absolute atomic E-state index is 12.6. The highest BCUT2D eigenvalue weighted by Gasteiger charge is 2.39. The molecule has 2 N–H and O–H groups in total. The second-order valence-electron chi connectivity index (χ2n) is 11.3. The van der Waals surface area contributed by atoms with E-state index >= 15 is 0 Å². The van der Waals surface area contributed by atoms with Crippen molar-refractivity contribution in [3.8, 4) is 0 Å². The summed E-state index contributed by atoms with van der Waals surface area (Å²) in [5.41, 5.74) is 3.84. The zero-order chi connectivity index (χ0) is 26.2. The molecule has 4 rings (SSSR count). The summed E-state index contributed by atoms with van der Waals surface area (Å²) in [7, 11) is 0. The Morgan fingerprint density at radius 3 is 2.22 bits per heavy atom. The van der Waals surface area contributed by atoms with Crippen molar-refractivity contribution in [2.45, 2.75) is 78.0 Å². The zero-order valence-corrected chi connectivity index (χ0v) is 22.4.